The Labute approximate surface area is 350 Å². The van der Waals surface area contributed by atoms with Crippen LogP contribution >= 0.6 is 7.82 Å². The van der Waals surface area contributed by atoms with Gasteiger partial charge in [-0.1, -0.05) is 172 Å². The van der Waals surface area contributed by atoms with Gasteiger partial charge in [-0.2, -0.15) is 0 Å². The van der Waals surface area contributed by atoms with Crippen LogP contribution in [0.1, 0.15) is 219 Å². The monoisotopic (exact) mass is 826 g/mol. The molecule has 0 rings (SSSR count). The van der Waals surface area contributed by atoms with Crippen LogP contribution in [0.2, 0.25) is 0 Å². The van der Waals surface area contributed by atoms with Crippen molar-refractivity contribution >= 4 is 19.8 Å². The summed E-state index contributed by atoms with van der Waals surface area (Å²) in [6.07, 6.45) is 49.1. The normalized spacial score (nSPS) is 13.5. The molecule has 57 heavy (non-hydrogen) atoms. The lowest BCUT2D eigenvalue weighted by atomic mass is 10.0. The van der Waals surface area contributed by atoms with E-state index in [1.165, 1.54) is 122 Å². The van der Waals surface area contributed by atoms with Crippen molar-refractivity contribution in [2.24, 2.45) is 5.73 Å². The number of rotatable bonds is 44. The minimum atomic E-state index is -4.39. The van der Waals surface area contributed by atoms with Gasteiger partial charge in [-0.3, -0.25) is 18.6 Å². The standard InChI is InChI=1S/C47H88NO8P/c1-3-5-7-9-11-13-15-17-18-19-20-21-22-23-24-25-26-28-30-32-34-36-38-40-47(50)56-45(44-55-57(51,52)54-42-41-48)43-53-46(49)39-37-35-33-31-29-27-16-14-12-10-8-6-4-2/h14,16,25-26,32,34,45H,3-13,15,17-24,27-31,33,35-44,48H2,1-2H3,(H,51,52)/b16-14+,26-25+,34-32+/t45-/m1/s1. The summed E-state index contributed by atoms with van der Waals surface area (Å²) in [5, 5.41) is 0. The fraction of sp³-hybridized carbons (Fsp3) is 0.830. The van der Waals surface area contributed by atoms with Crippen molar-refractivity contribution < 1.29 is 37.6 Å². The van der Waals surface area contributed by atoms with Crippen LogP contribution in [0.5, 0.6) is 0 Å². The van der Waals surface area contributed by atoms with E-state index in [1.54, 1.807) is 0 Å². The van der Waals surface area contributed by atoms with Crippen molar-refractivity contribution in [2.75, 3.05) is 26.4 Å². The molecule has 0 radical (unpaired) electrons. The molecule has 0 aliphatic carbocycles. The van der Waals surface area contributed by atoms with Crippen molar-refractivity contribution in [3.8, 4) is 0 Å². The Bertz CT molecular complexity index is 1030. The SMILES string of the molecule is CCCCCC/C=C/CCCCCCCC(=O)OC[C@H](COP(=O)(O)OCCN)OC(=O)CCC/C=C/CC/C=C/CCCCCCCCCCCCCCCC. The number of hydrogen-bond acceptors (Lipinski definition) is 8. The van der Waals surface area contributed by atoms with Gasteiger partial charge in [0, 0.05) is 19.4 Å². The van der Waals surface area contributed by atoms with E-state index < -0.39 is 32.5 Å². The van der Waals surface area contributed by atoms with Gasteiger partial charge in [0.1, 0.15) is 6.61 Å². The first-order chi connectivity index (χ1) is 27.8. The predicted octanol–water partition coefficient (Wildman–Crippen LogP) is 13.7. The average Bonchev–Trinajstić information content (AvgIpc) is 3.20. The van der Waals surface area contributed by atoms with Crippen LogP contribution in [0.15, 0.2) is 36.5 Å². The Hall–Kier alpha value is -1.77. The fourth-order valence-electron chi connectivity index (χ4n) is 6.47. The quantitative estimate of drug-likeness (QED) is 0.0266. The number of unbranched alkanes of at least 4 members (excludes halogenated alkanes) is 25. The smallest absolute Gasteiger partial charge is 0.462 e. The molecule has 0 aromatic carbocycles. The third-order valence-corrected chi connectivity index (χ3v) is 11.0. The molecule has 0 aliphatic rings. The Morgan fingerprint density at radius 1 is 0.509 bits per heavy atom. The molecule has 9 nitrogen and oxygen atoms in total. The summed E-state index contributed by atoms with van der Waals surface area (Å²) in [6, 6.07) is 0. The van der Waals surface area contributed by atoms with Crippen molar-refractivity contribution in [1.82, 2.24) is 0 Å². The van der Waals surface area contributed by atoms with E-state index in [-0.39, 0.29) is 32.6 Å². The summed E-state index contributed by atoms with van der Waals surface area (Å²) in [7, 11) is -4.39. The minimum absolute atomic E-state index is 0.0465. The van der Waals surface area contributed by atoms with Gasteiger partial charge in [-0.15, -0.1) is 0 Å². The Balaban J connectivity index is 4.12. The van der Waals surface area contributed by atoms with Gasteiger partial charge in [-0.05, 0) is 70.6 Å². The molecule has 334 valence electrons. The van der Waals surface area contributed by atoms with Gasteiger partial charge in [0.05, 0.1) is 13.2 Å². The van der Waals surface area contributed by atoms with E-state index in [1.807, 2.05) is 0 Å². The highest BCUT2D eigenvalue weighted by molar-refractivity contribution is 7.47. The zero-order valence-corrected chi connectivity index (χ0v) is 37.7. The number of phosphoric ester groups is 1. The average molecular weight is 826 g/mol. The molecular formula is C47H88NO8P. The number of allylic oxidation sites excluding steroid dienone is 6. The first-order valence-electron chi connectivity index (χ1n) is 23.5. The van der Waals surface area contributed by atoms with E-state index in [9.17, 15) is 19.0 Å². The molecule has 0 heterocycles. The first-order valence-corrected chi connectivity index (χ1v) is 25.0. The number of esters is 2. The Kier molecular flexibility index (Phi) is 42.4. The second-order valence-corrected chi connectivity index (χ2v) is 17.1. The maximum absolute atomic E-state index is 12.6. The fourth-order valence-corrected chi connectivity index (χ4v) is 7.24. The predicted molar refractivity (Wildman–Crippen MR) is 238 cm³/mol. The number of ether oxygens (including phenoxy) is 2. The zero-order chi connectivity index (χ0) is 41.8. The van der Waals surface area contributed by atoms with Gasteiger partial charge in [0.25, 0.3) is 0 Å². The lowest BCUT2D eigenvalue weighted by molar-refractivity contribution is -0.161. The molecule has 0 aliphatic heterocycles. The molecule has 0 amide bonds. The number of carbonyl (C=O) groups is 2. The number of nitrogens with two attached hydrogens (primary N) is 1. The van der Waals surface area contributed by atoms with E-state index >= 15 is 0 Å². The minimum Gasteiger partial charge on any atom is -0.462 e. The lowest BCUT2D eigenvalue weighted by Gasteiger charge is -2.19. The highest BCUT2D eigenvalue weighted by Crippen LogP contribution is 2.43. The summed E-state index contributed by atoms with van der Waals surface area (Å²) in [4.78, 5) is 34.9. The summed E-state index contributed by atoms with van der Waals surface area (Å²) in [6.45, 7) is 3.68. The highest BCUT2D eigenvalue weighted by atomic mass is 31.2. The Morgan fingerprint density at radius 3 is 1.37 bits per heavy atom. The van der Waals surface area contributed by atoms with Gasteiger partial charge in [-0.25, -0.2) is 4.57 Å². The molecule has 0 spiro atoms. The molecule has 0 fully saturated rings. The molecule has 10 heteroatoms. The van der Waals surface area contributed by atoms with E-state index in [2.05, 4.69) is 50.3 Å². The van der Waals surface area contributed by atoms with E-state index in [4.69, 9.17) is 24.3 Å². The molecule has 0 aromatic rings. The van der Waals surface area contributed by atoms with E-state index in [0.29, 0.717) is 6.42 Å². The van der Waals surface area contributed by atoms with Crippen LogP contribution in [0.25, 0.3) is 0 Å². The maximum Gasteiger partial charge on any atom is 0.472 e. The van der Waals surface area contributed by atoms with Gasteiger partial charge >= 0.3 is 19.8 Å². The molecule has 2 atom stereocenters. The highest BCUT2D eigenvalue weighted by Gasteiger charge is 2.26. The first kappa shape index (κ1) is 55.2. The van der Waals surface area contributed by atoms with Gasteiger partial charge < -0.3 is 20.1 Å². The number of hydrogen-bond donors (Lipinski definition) is 2. The van der Waals surface area contributed by atoms with Crippen molar-refractivity contribution in [3.05, 3.63) is 36.5 Å². The summed E-state index contributed by atoms with van der Waals surface area (Å²) in [5.74, 6) is -0.884. The van der Waals surface area contributed by atoms with Crippen molar-refractivity contribution in [3.63, 3.8) is 0 Å². The second-order valence-electron chi connectivity index (χ2n) is 15.6. The molecule has 0 bridgehead atoms. The summed E-state index contributed by atoms with van der Waals surface area (Å²) < 4.78 is 32.7. The molecule has 1 unspecified atom stereocenters. The van der Waals surface area contributed by atoms with Crippen LogP contribution in [0.4, 0.5) is 0 Å². The Morgan fingerprint density at radius 2 is 0.895 bits per heavy atom. The lowest BCUT2D eigenvalue weighted by Crippen LogP contribution is -2.29. The van der Waals surface area contributed by atoms with Crippen molar-refractivity contribution in [2.45, 2.75) is 225 Å². The second kappa shape index (κ2) is 43.8. The number of phosphoric acid groups is 1. The van der Waals surface area contributed by atoms with E-state index in [0.717, 1.165) is 64.2 Å². The van der Waals surface area contributed by atoms with Crippen LogP contribution in [-0.4, -0.2) is 49.3 Å². The van der Waals surface area contributed by atoms with Gasteiger partial charge in [0.15, 0.2) is 6.10 Å². The summed E-state index contributed by atoms with van der Waals surface area (Å²) >= 11 is 0. The van der Waals surface area contributed by atoms with Crippen molar-refractivity contribution in [1.29, 1.82) is 0 Å². The third kappa shape index (κ3) is 43.6. The number of carbonyl (C=O) groups excluding carboxylic acids is 2. The maximum atomic E-state index is 12.6. The third-order valence-electron chi connectivity index (χ3n) is 9.98. The largest absolute Gasteiger partial charge is 0.472 e. The van der Waals surface area contributed by atoms with Gasteiger partial charge in [0.2, 0.25) is 0 Å². The molecule has 3 N–H and O–H groups in total. The van der Waals surface area contributed by atoms with Crippen LogP contribution in [-0.2, 0) is 32.7 Å². The summed E-state index contributed by atoms with van der Waals surface area (Å²) in [5.41, 5.74) is 5.35. The van der Waals surface area contributed by atoms with Crippen LogP contribution in [0.3, 0.4) is 0 Å². The molecule has 0 saturated heterocycles. The zero-order valence-electron chi connectivity index (χ0n) is 36.8. The topological polar surface area (TPSA) is 134 Å². The molecular weight excluding hydrogens is 737 g/mol. The molecule has 0 saturated carbocycles. The van der Waals surface area contributed by atoms with Crippen LogP contribution in [0, 0.1) is 0 Å². The molecule has 0 aromatic heterocycles. The van der Waals surface area contributed by atoms with Crippen LogP contribution < -0.4 is 5.73 Å².